The molecule has 0 bridgehead atoms. The molecule has 7 heteroatoms. The zero-order valence-corrected chi connectivity index (χ0v) is 13.3. The van der Waals surface area contributed by atoms with Gasteiger partial charge >= 0.3 is 5.97 Å². The van der Waals surface area contributed by atoms with E-state index in [1.165, 1.54) is 0 Å². The second-order valence-electron chi connectivity index (χ2n) is 5.05. The van der Waals surface area contributed by atoms with E-state index < -0.39 is 33.5 Å². The third kappa shape index (κ3) is 6.26. The molecule has 0 fully saturated rings. The summed E-state index contributed by atoms with van der Waals surface area (Å²) in [5.41, 5.74) is 0.395. The fourth-order valence-electron chi connectivity index (χ4n) is 1.98. The molecule has 1 amide bonds. The highest BCUT2D eigenvalue weighted by atomic mass is 32.2. The zero-order chi connectivity index (χ0) is 16.6. The van der Waals surface area contributed by atoms with Gasteiger partial charge in [0.1, 0.15) is 5.75 Å². The number of carboxylic acids is 1. The summed E-state index contributed by atoms with van der Waals surface area (Å²) in [4.78, 5) is 23.1. The van der Waals surface area contributed by atoms with Gasteiger partial charge in [0.2, 0.25) is 5.91 Å². The molecule has 0 saturated carbocycles. The molecule has 1 aromatic carbocycles. The summed E-state index contributed by atoms with van der Waals surface area (Å²) in [6.07, 6.45) is 2.17. The van der Waals surface area contributed by atoms with Crippen LogP contribution in [0, 0.1) is 0 Å². The number of carbonyl (C=O) groups is 2. The maximum Gasteiger partial charge on any atom is 0.330 e. The Balaban J connectivity index is 2.67. The standard InChI is InChI=1S/C15H21NO5S/c1-2-3-7-10-22(20,21)11-13(17)16-14(15(18)19)12-8-5-4-6-9-12/h4-6,8-9,14H,2-3,7,10-11H2,1H3,(H,16,17)(H,18,19)/t14-/m1/s1. The van der Waals surface area contributed by atoms with E-state index in [0.717, 1.165) is 12.8 Å². The number of hydrogen-bond acceptors (Lipinski definition) is 4. The second-order valence-corrected chi connectivity index (χ2v) is 7.23. The normalized spacial score (nSPS) is 12.6. The molecule has 0 saturated heterocycles. The number of rotatable bonds is 9. The van der Waals surface area contributed by atoms with Crippen LogP contribution in [0.5, 0.6) is 0 Å². The minimum absolute atomic E-state index is 0.0582. The topological polar surface area (TPSA) is 101 Å². The Morgan fingerprint density at radius 2 is 1.82 bits per heavy atom. The van der Waals surface area contributed by atoms with Gasteiger partial charge in [0.15, 0.2) is 15.9 Å². The van der Waals surface area contributed by atoms with Crippen molar-refractivity contribution in [3.63, 3.8) is 0 Å². The van der Waals surface area contributed by atoms with E-state index in [1.54, 1.807) is 30.3 Å². The van der Waals surface area contributed by atoms with E-state index in [9.17, 15) is 23.1 Å². The molecule has 0 aromatic heterocycles. The van der Waals surface area contributed by atoms with Crippen LogP contribution in [0.1, 0.15) is 37.8 Å². The maximum absolute atomic E-state index is 11.8. The zero-order valence-electron chi connectivity index (χ0n) is 12.5. The van der Waals surface area contributed by atoms with Gasteiger partial charge in [-0.25, -0.2) is 13.2 Å². The fourth-order valence-corrected chi connectivity index (χ4v) is 3.25. The third-order valence-corrected chi connectivity index (χ3v) is 4.71. The van der Waals surface area contributed by atoms with Crippen molar-refractivity contribution in [2.75, 3.05) is 11.5 Å². The van der Waals surface area contributed by atoms with Gasteiger partial charge in [0, 0.05) is 0 Å². The minimum atomic E-state index is -3.51. The van der Waals surface area contributed by atoms with Crippen molar-refractivity contribution in [3.8, 4) is 0 Å². The van der Waals surface area contributed by atoms with Gasteiger partial charge < -0.3 is 10.4 Å². The first kappa shape index (κ1) is 18.2. The number of hydrogen-bond donors (Lipinski definition) is 2. The summed E-state index contributed by atoms with van der Waals surface area (Å²) in [5.74, 6) is -2.78. The van der Waals surface area contributed by atoms with E-state index in [0.29, 0.717) is 12.0 Å². The lowest BCUT2D eigenvalue weighted by Crippen LogP contribution is -2.37. The second kappa shape index (κ2) is 8.53. The molecule has 22 heavy (non-hydrogen) atoms. The third-order valence-electron chi connectivity index (χ3n) is 3.10. The number of nitrogens with one attached hydrogen (secondary N) is 1. The molecule has 1 rings (SSSR count). The number of amides is 1. The molecule has 0 aliphatic carbocycles. The van der Waals surface area contributed by atoms with Crippen LogP contribution < -0.4 is 5.32 Å². The van der Waals surface area contributed by atoms with Gasteiger partial charge in [-0.3, -0.25) is 4.79 Å². The van der Waals surface area contributed by atoms with E-state index >= 15 is 0 Å². The number of carbonyl (C=O) groups excluding carboxylic acids is 1. The average molecular weight is 327 g/mol. The predicted octanol–water partition coefficient (Wildman–Crippen LogP) is 1.53. The largest absolute Gasteiger partial charge is 0.479 e. The Hall–Kier alpha value is -1.89. The molecule has 0 spiro atoms. The first-order chi connectivity index (χ1) is 10.4. The Bertz CT molecular complexity index is 598. The van der Waals surface area contributed by atoms with Crippen molar-refractivity contribution in [2.24, 2.45) is 0 Å². The molecule has 0 unspecified atom stereocenters. The van der Waals surface area contributed by atoms with Crippen LogP contribution in [0.3, 0.4) is 0 Å². The number of unbranched alkanes of at least 4 members (excludes halogenated alkanes) is 2. The Kier molecular flexibility index (Phi) is 7.04. The highest BCUT2D eigenvalue weighted by Crippen LogP contribution is 2.12. The maximum atomic E-state index is 11.8. The average Bonchev–Trinajstić information content (AvgIpc) is 2.45. The number of sulfone groups is 1. The van der Waals surface area contributed by atoms with E-state index in [4.69, 9.17) is 0 Å². The lowest BCUT2D eigenvalue weighted by Gasteiger charge is -2.15. The molecule has 1 atom stereocenters. The van der Waals surface area contributed by atoms with Crippen LogP contribution in [-0.4, -0.2) is 36.9 Å². The Morgan fingerprint density at radius 3 is 2.36 bits per heavy atom. The molecular weight excluding hydrogens is 306 g/mol. The fraction of sp³-hybridized carbons (Fsp3) is 0.467. The van der Waals surface area contributed by atoms with Crippen molar-refractivity contribution < 1.29 is 23.1 Å². The lowest BCUT2D eigenvalue weighted by molar-refractivity contribution is -0.141. The SMILES string of the molecule is CCCCCS(=O)(=O)CC(=O)N[C@@H](C(=O)O)c1ccccc1. The Labute approximate surface area is 130 Å². The van der Waals surface area contributed by atoms with Crippen LogP contribution in [-0.2, 0) is 19.4 Å². The van der Waals surface area contributed by atoms with Gasteiger partial charge in [-0.2, -0.15) is 0 Å². The minimum Gasteiger partial charge on any atom is -0.479 e. The molecule has 2 N–H and O–H groups in total. The van der Waals surface area contributed by atoms with Gasteiger partial charge in [-0.05, 0) is 12.0 Å². The van der Waals surface area contributed by atoms with Crippen molar-refractivity contribution in [2.45, 2.75) is 32.2 Å². The molecule has 0 aliphatic heterocycles. The summed E-state index contributed by atoms with van der Waals surface area (Å²) < 4.78 is 23.6. The van der Waals surface area contributed by atoms with Crippen molar-refractivity contribution in [1.82, 2.24) is 5.32 Å². The van der Waals surface area contributed by atoms with Crippen molar-refractivity contribution in [1.29, 1.82) is 0 Å². The van der Waals surface area contributed by atoms with Gasteiger partial charge in [0.25, 0.3) is 0 Å². The monoisotopic (exact) mass is 327 g/mol. The molecule has 0 radical (unpaired) electrons. The van der Waals surface area contributed by atoms with Gasteiger partial charge in [-0.15, -0.1) is 0 Å². The summed E-state index contributed by atoms with van der Waals surface area (Å²) >= 11 is 0. The summed E-state index contributed by atoms with van der Waals surface area (Å²) in [7, 11) is -3.51. The van der Waals surface area contributed by atoms with Gasteiger partial charge in [-0.1, -0.05) is 50.1 Å². The van der Waals surface area contributed by atoms with Crippen LogP contribution >= 0.6 is 0 Å². The number of carboxylic acid groups (broad SMARTS) is 1. The molecule has 1 aromatic rings. The molecular formula is C15H21NO5S. The van der Waals surface area contributed by atoms with E-state index in [2.05, 4.69) is 5.32 Å². The molecule has 0 heterocycles. The molecule has 122 valence electrons. The number of benzene rings is 1. The van der Waals surface area contributed by atoms with Crippen LogP contribution in [0.25, 0.3) is 0 Å². The molecule has 0 aliphatic rings. The van der Waals surface area contributed by atoms with Crippen LogP contribution in [0.4, 0.5) is 0 Å². The molecule has 6 nitrogen and oxygen atoms in total. The highest BCUT2D eigenvalue weighted by molar-refractivity contribution is 7.92. The number of aliphatic carboxylic acids is 1. The first-order valence-corrected chi connectivity index (χ1v) is 8.95. The van der Waals surface area contributed by atoms with Crippen molar-refractivity contribution in [3.05, 3.63) is 35.9 Å². The summed E-state index contributed by atoms with van der Waals surface area (Å²) in [6.45, 7) is 1.96. The Morgan fingerprint density at radius 1 is 1.18 bits per heavy atom. The van der Waals surface area contributed by atoms with Crippen LogP contribution in [0.2, 0.25) is 0 Å². The quantitative estimate of drug-likeness (QED) is 0.670. The first-order valence-electron chi connectivity index (χ1n) is 7.13. The summed E-state index contributed by atoms with van der Waals surface area (Å²) in [5, 5.41) is 11.4. The van der Waals surface area contributed by atoms with Crippen molar-refractivity contribution >= 4 is 21.7 Å². The summed E-state index contributed by atoms with van der Waals surface area (Å²) in [6, 6.07) is 6.91. The van der Waals surface area contributed by atoms with E-state index in [1.807, 2.05) is 6.92 Å². The van der Waals surface area contributed by atoms with Crippen LogP contribution in [0.15, 0.2) is 30.3 Å². The lowest BCUT2D eigenvalue weighted by atomic mass is 10.1. The predicted molar refractivity (Wildman–Crippen MR) is 83.1 cm³/mol. The van der Waals surface area contributed by atoms with E-state index in [-0.39, 0.29) is 5.75 Å². The highest BCUT2D eigenvalue weighted by Gasteiger charge is 2.24. The van der Waals surface area contributed by atoms with Gasteiger partial charge in [0.05, 0.1) is 5.75 Å². The smallest absolute Gasteiger partial charge is 0.330 e.